The van der Waals surface area contributed by atoms with Crippen molar-refractivity contribution in [1.82, 2.24) is 8.10 Å². The number of aromatic nitrogens is 1. The molecule has 0 saturated carbocycles. The molecule has 114 valence electrons. The van der Waals surface area contributed by atoms with Gasteiger partial charge >= 0.3 is 142 Å². The van der Waals surface area contributed by atoms with E-state index in [1.807, 2.05) is 0 Å². The van der Waals surface area contributed by atoms with Crippen LogP contribution in [0, 0.1) is 3.70 Å². The van der Waals surface area contributed by atoms with Crippen molar-refractivity contribution < 1.29 is 22.8 Å². The third-order valence-electron chi connectivity index (χ3n) is 2.51. The molecule has 0 radical (unpaired) electrons. The normalized spacial score (nSPS) is 16.9. The molecule has 0 aromatic carbocycles. The van der Waals surface area contributed by atoms with E-state index in [9.17, 15) is 22.8 Å². The molecular formula is C11H6Br2F3IN2O2. The average molecular weight is 542 g/mol. The van der Waals surface area contributed by atoms with Gasteiger partial charge < -0.3 is 0 Å². The van der Waals surface area contributed by atoms with Crippen LogP contribution >= 0.6 is 52.0 Å². The predicted molar refractivity (Wildman–Crippen MR) is 84.6 cm³/mol. The number of alkyl halides is 4. The summed E-state index contributed by atoms with van der Waals surface area (Å²) in [5, 5.41) is 0. The van der Waals surface area contributed by atoms with Crippen molar-refractivity contribution in [2.75, 3.05) is 4.93 Å². The molecule has 21 heavy (non-hydrogen) atoms. The summed E-state index contributed by atoms with van der Waals surface area (Å²) in [6, 6.07) is 2.12. The fourth-order valence-electron chi connectivity index (χ4n) is 1.47. The Morgan fingerprint density at radius 2 is 1.67 bits per heavy atom. The Labute approximate surface area is 141 Å². The number of hydrogen-bond donors (Lipinski definition) is 0. The number of pyridine rings is 1. The number of carbonyl (C=O) groups excluding carboxylic acids is 2. The molecular weight excluding hydrogens is 536 g/mol. The van der Waals surface area contributed by atoms with Crippen LogP contribution in [0.1, 0.15) is 5.56 Å². The summed E-state index contributed by atoms with van der Waals surface area (Å²) < 4.78 is 39.1. The predicted octanol–water partition coefficient (Wildman–Crippen LogP) is 3.69. The number of carbonyl (C=O) groups is 2. The molecule has 0 N–H and O–H groups in total. The van der Waals surface area contributed by atoms with E-state index < -0.39 is 43.6 Å². The second kappa shape index (κ2) is 5.95. The Morgan fingerprint density at radius 1 is 1.14 bits per heavy atom. The second-order valence-corrected chi connectivity index (χ2v) is 10.0. The molecule has 2 rings (SSSR count). The van der Waals surface area contributed by atoms with Gasteiger partial charge in [0.05, 0.1) is 0 Å². The van der Waals surface area contributed by atoms with Gasteiger partial charge in [-0.05, 0) is 0 Å². The number of nitrogens with zero attached hydrogens (tertiary/aromatic N) is 2. The minimum absolute atomic E-state index is 0.114. The topological polar surface area (TPSA) is 50.3 Å². The molecule has 0 atom stereocenters. The average Bonchev–Trinajstić information content (AvgIpc) is 2.62. The zero-order valence-corrected chi connectivity index (χ0v) is 15.5. The van der Waals surface area contributed by atoms with E-state index in [4.69, 9.17) is 0 Å². The van der Waals surface area contributed by atoms with Crippen LogP contribution in [0.5, 0.6) is 0 Å². The molecule has 2 amide bonds. The summed E-state index contributed by atoms with van der Waals surface area (Å²) in [4.78, 5) is 29.4. The van der Waals surface area contributed by atoms with Crippen molar-refractivity contribution in [2.24, 2.45) is 0 Å². The van der Waals surface area contributed by atoms with E-state index >= 15 is 0 Å². The van der Waals surface area contributed by atoms with Crippen molar-refractivity contribution >= 4 is 63.8 Å². The third kappa shape index (κ3) is 3.16. The zero-order valence-electron chi connectivity index (χ0n) is 10.2. The zero-order chi connectivity index (χ0) is 15.9. The van der Waals surface area contributed by atoms with E-state index in [-0.39, 0.29) is 8.96 Å². The van der Waals surface area contributed by atoms with E-state index in [1.165, 1.54) is 6.07 Å². The molecule has 2 heterocycles. The first-order valence-corrected chi connectivity index (χ1v) is 11.0. The van der Waals surface area contributed by atoms with Gasteiger partial charge in [0.15, 0.2) is 0 Å². The van der Waals surface area contributed by atoms with Crippen molar-refractivity contribution in [2.45, 2.75) is 6.18 Å². The Balaban J connectivity index is 2.28. The van der Waals surface area contributed by atoms with Crippen LogP contribution in [0.3, 0.4) is 0 Å². The van der Waals surface area contributed by atoms with Crippen LogP contribution in [-0.4, -0.2) is 24.8 Å². The first-order chi connectivity index (χ1) is 9.64. The van der Waals surface area contributed by atoms with E-state index in [0.29, 0.717) is 9.90 Å². The quantitative estimate of drug-likeness (QED) is 0.189. The summed E-state index contributed by atoms with van der Waals surface area (Å²) in [5.74, 6) is -0.998. The first kappa shape index (κ1) is 16.9. The van der Waals surface area contributed by atoms with E-state index in [0.717, 1.165) is 9.18 Å². The van der Waals surface area contributed by atoms with Gasteiger partial charge in [-0.3, -0.25) is 0 Å². The fraction of sp³-hybridized carbons (Fsp3) is 0.182. The molecule has 0 aliphatic carbocycles. The van der Waals surface area contributed by atoms with Gasteiger partial charge in [0.2, 0.25) is 0 Å². The van der Waals surface area contributed by atoms with Crippen LogP contribution in [0.2, 0.25) is 0 Å². The Kier molecular flexibility index (Phi) is 4.78. The molecule has 1 aromatic heterocycles. The standard InChI is InChI=1S/C11H6Br2F3IN2O2/c1-17(19-9(20)7(12)8(13)10(19)21)6-3-2-5(4-18-6)11(14,15)16/h2-4H,1H3. The minimum atomic E-state index is -4.47. The fourth-order valence-corrected chi connectivity index (χ4v) is 6.37. The van der Waals surface area contributed by atoms with Crippen LogP contribution in [0.4, 0.5) is 13.2 Å². The molecule has 1 aliphatic heterocycles. The van der Waals surface area contributed by atoms with Crippen LogP contribution in [0.25, 0.3) is 0 Å². The van der Waals surface area contributed by atoms with Crippen LogP contribution in [-0.2, 0) is 15.8 Å². The van der Waals surface area contributed by atoms with E-state index in [2.05, 4.69) is 36.8 Å². The Hall–Kier alpha value is -0.490. The molecule has 0 saturated heterocycles. The monoisotopic (exact) mass is 540 g/mol. The second-order valence-electron chi connectivity index (χ2n) is 3.83. The molecule has 1 aliphatic rings. The summed E-state index contributed by atoms with van der Waals surface area (Å²) in [5.41, 5.74) is -0.866. The molecule has 0 fully saturated rings. The van der Waals surface area contributed by atoms with Crippen LogP contribution < -0.4 is 0 Å². The van der Waals surface area contributed by atoms with Crippen molar-refractivity contribution in [3.8, 4) is 0 Å². The molecule has 0 spiro atoms. The van der Waals surface area contributed by atoms with Gasteiger partial charge in [-0.15, -0.1) is 0 Å². The van der Waals surface area contributed by atoms with Gasteiger partial charge in [0.1, 0.15) is 0 Å². The summed E-state index contributed by atoms with van der Waals surface area (Å²) in [6.45, 7) is 0. The van der Waals surface area contributed by atoms with Gasteiger partial charge in [-0.1, -0.05) is 0 Å². The van der Waals surface area contributed by atoms with Gasteiger partial charge in [-0.25, -0.2) is 0 Å². The summed E-state index contributed by atoms with van der Waals surface area (Å²) >= 11 is 3.49. The Bertz CT molecular complexity index is 622. The van der Waals surface area contributed by atoms with Gasteiger partial charge in [0, 0.05) is 0 Å². The first-order valence-electron chi connectivity index (χ1n) is 5.22. The molecule has 0 bridgehead atoms. The van der Waals surface area contributed by atoms with Crippen molar-refractivity contribution in [3.05, 3.63) is 36.6 Å². The number of hydrogen-bond acceptors (Lipinski definition) is 3. The summed E-state index contributed by atoms with van der Waals surface area (Å²) in [6.07, 6.45) is -3.75. The maximum absolute atomic E-state index is 12.5. The number of rotatable bonds is 2. The van der Waals surface area contributed by atoms with Crippen molar-refractivity contribution in [1.29, 1.82) is 0 Å². The SMILES string of the molecule is CI(c1ccc(C(F)(F)F)cn1)N1C(=O)C(Br)=C(Br)C1=O. The molecule has 10 heteroatoms. The van der Waals surface area contributed by atoms with Crippen LogP contribution in [0.15, 0.2) is 27.3 Å². The Morgan fingerprint density at radius 3 is 2.05 bits per heavy atom. The van der Waals surface area contributed by atoms with E-state index in [1.54, 1.807) is 4.93 Å². The molecule has 1 aromatic rings. The van der Waals surface area contributed by atoms with Gasteiger partial charge in [-0.2, -0.15) is 0 Å². The third-order valence-corrected chi connectivity index (χ3v) is 9.08. The summed E-state index contributed by atoms with van der Waals surface area (Å²) in [7, 11) is 0. The van der Waals surface area contributed by atoms with Crippen molar-refractivity contribution in [3.63, 3.8) is 0 Å². The maximum atomic E-state index is 12.5. The van der Waals surface area contributed by atoms with Gasteiger partial charge in [0.25, 0.3) is 0 Å². The molecule has 4 nitrogen and oxygen atoms in total. The number of amides is 2. The number of imide groups is 1. The molecule has 0 unspecified atom stereocenters. The number of halogens is 6.